The van der Waals surface area contributed by atoms with Crippen LogP contribution < -0.4 is 5.32 Å². The Labute approximate surface area is 78.4 Å². The summed E-state index contributed by atoms with van der Waals surface area (Å²) in [5, 5.41) is 12.0. The predicted octanol–water partition coefficient (Wildman–Crippen LogP) is 1.65. The Morgan fingerprint density at radius 3 is 3.08 bits per heavy atom. The van der Waals surface area contributed by atoms with Crippen molar-refractivity contribution in [2.45, 2.75) is 19.4 Å². The van der Waals surface area contributed by atoms with Gasteiger partial charge in [-0.05, 0) is 19.0 Å². The molecule has 1 atom stereocenters. The number of nitrogens with one attached hydrogen (secondary N) is 1. The summed E-state index contributed by atoms with van der Waals surface area (Å²) in [4.78, 5) is 3.97. The predicted molar refractivity (Wildman–Crippen MR) is 50.9 cm³/mol. The van der Waals surface area contributed by atoms with Crippen LogP contribution in [0.2, 0.25) is 0 Å². The first-order valence-electron chi connectivity index (χ1n) is 4.41. The molecule has 0 bridgehead atoms. The van der Waals surface area contributed by atoms with E-state index in [0.717, 1.165) is 18.5 Å². The fraction of sp³-hybridized carbons (Fsp3) is 0.400. The highest BCUT2D eigenvalue weighted by atomic mass is 14.9. The second-order valence-electron chi connectivity index (χ2n) is 2.80. The molecule has 1 N–H and O–H groups in total. The lowest BCUT2D eigenvalue weighted by Gasteiger charge is -2.09. The van der Waals surface area contributed by atoms with E-state index in [1.807, 2.05) is 12.1 Å². The average molecular weight is 175 g/mol. The van der Waals surface area contributed by atoms with Gasteiger partial charge >= 0.3 is 0 Å². The quantitative estimate of drug-likeness (QED) is 0.756. The number of nitriles is 1. The Balaban J connectivity index is 2.63. The van der Waals surface area contributed by atoms with E-state index in [9.17, 15) is 0 Å². The molecular weight excluding hydrogens is 162 g/mol. The molecule has 3 nitrogen and oxygen atoms in total. The normalized spacial score (nSPS) is 12.0. The molecule has 0 saturated carbocycles. The van der Waals surface area contributed by atoms with E-state index >= 15 is 0 Å². The molecule has 13 heavy (non-hydrogen) atoms. The lowest BCUT2D eigenvalue weighted by atomic mass is 10.1. The number of nitrogens with zero attached hydrogens (tertiary/aromatic N) is 2. The van der Waals surface area contributed by atoms with Crippen LogP contribution in [0.15, 0.2) is 24.5 Å². The lowest BCUT2D eigenvalue weighted by Crippen LogP contribution is -2.20. The molecule has 68 valence electrons. The third-order valence-corrected chi connectivity index (χ3v) is 1.75. The summed E-state index contributed by atoms with van der Waals surface area (Å²) in [6.45, 7) is 2.93. The van der Waals surface area contributed by atoms with E-state index in [-0.39, 0.29) is 6.04 Å². The molecular formula is C10H13N3. The fourth-order valence-electron chi connectivity index (χ4n) is 1.07. The van der Waals surface area contributed by atoms with Gasteiger partial charge in [0.15, 0.2) is 0 Å². The summed E-state index contributed by atoms with van der Waals surface area (Å²) < 4.78 is 0. The molecule has 0 aliphatic carbocycles. The number of hydrogen-bond donors (Lipinski definition) is 1. The van der Waals surface area contributed by atoms with Crippen LogP contribution in [0.5, 0.6) is 0 Å². The summed E-state index contributed by atoms with van der Waals surface area (Å²) in [5.74, 6) is 0. The van der Waals surface area contributed by atoms with Crippen molar-refractivity contribution in [3.8, 4) is 6.07 Å². The van der Waals surface area contributed by atoms with Crippen molar-refractivity contribution in [2.75, 3.05) is 6.54 Å². The summed E-state index contributed by atoms with van der Waals surface area (Å²) in [5.41, 5.74) is 0.929. The number of pyridine rings is 1. The van der Waals surface area contributed by atoms with E-state index in [4.69, 9.17) is 5.26 Å². The molecule has 1 aromatic heterocycles. The lowest BCUT2D eigenvalue weighted by molar-refractivity contribution is 0.619. The monoisotopic (exact) mass is 175 g/mol. The molecule has 3 heteroatoms. The summed E-state index contributed by atoms with van der Waals surface area (Å²) >= 11 is 0. The van der Waals surface area contributed by atoms with Crippen LogP contribution in [-0.2, 0) is 0 Å². The van der Waals surface area contributed by atoms with Gasteiger partial charge in [0.05, 0.1) is 6.07 Å². The van der Waals surface area contributed by atoms with Crippen LogP contribution in [0, 0.1) is 11.3 Å². The SMILES string of the molecule is CCCNC(C#N)c1cccnc1. The summed E-state index contributed by atoms with van der Waals surface area (Å²) in [6, 6.07) is 5.72. The van der Waals surface area contributed by atoms with Crippen molar-refractivity contribution in [1.29, 1.82) is 5.26 Å². The zero-order valence-electron chi connectivity index (χ0n) is 7.70. The van der Waals surface area contributed by atoms with Gasteiger partial charge in [0.25, 0.3) is 0 Å². The first-order valence-corrected chi connectivity index (χ1v) is 4.41. The minimum Gasteiger partial charge on any atom is -0.298 e. The van der Waals surface area contributed by atoms with Gasteiger partial charge < -0.3 is 0 Å². The maximum atomic E-state index is 8.87. The van der Waals surface area contributed by atoms with Crippen LogP contribution in [0.4, 0.5) is 0 Å². The Hall–Kier alpha value is -1.40. The zero-order valence-corrected chi connectivity index (χ0v) is 7.70. The van der Waals surface area contributed by atoms with E-state index < -0.39 is 0 Å². The molecule has 1 rings (SSSR count). The molecule has 1 aromatic rings. The third kappa shape index (κ3) is 2.85. The molecule has 0 fully saturated rings. The standard InChI is InChI=1S/C10H13N3/c1-2-5-13-10(7-11)9-4-3-6-12-8-9/h3-4,6,8,10,13H,2,5H2,1H3. The smallest absolute Gasteiger partial charge is 0.122 e. The van der Waals surface area contributed by atoms with Crippen molar-refractivity contribution >= 4 is 0 Å². The fourth-order valence-corrected chi connectivity index (χ4v) is 1.07. The van der Waals surface area contributed by atoms with Gasteiger partial charge in [0.2, 0.25) is 0 Å². The van der Waals surface area contributed by atoms with Gasteiger partial charge in [-0.2, -0.15) is 5.26 Å². The zero-order chi connectivity index (χ0) is 9.52. The topological polar surface area (TPSA) is 48.7 Å². The van der Waals surface area contributed by atoms with Crippen molar-refractivity contribution in [2.24, 2.45) is 0 Å². The van der Waals surface area contributed by atoms with Gasteiger partial charge in [-0.15, -0.1) is 0 Å². The van der Waals surface area contributed by atoms with Crippen molar-refractivity contribution in [3.63, 3.8) is 0 Å². The highest BCUT2D eigenvalue weighted by Crippen LogP contribution is 2.09. The van der Waals surface area contributed by atoms with Crippen LogP contribution in [0.1, 0.15) is 24.9 Å². The highest BCUT2D eigenvalue weighted by Gasteiger charge is 2.07. The van der Waals surface area contributed by atoms with Crippen LogP contribution in [0.3, 0.4) is 0 Å². The van der Waals surface area contributed by atoms with E-state index in [0.29, 0.717) is 0 Å². The highest BCUT2D eigenvalue weighted by molar-refractivity contribution is 5.19. The van der Waals surface area contributed by atoms with Crippen molar-refractivity contribution in [1.82, 2.24) is 10.3 Å². The number of rotatable bonds is 4. The first kappa shape index (κ1) is 9.69. The molecule has 0 amide bonds. The molecule has 0 saturated heterocycles. The summed E-state index contributed by atoms with van der Waals surface area (Å²) in [7, 11) is 0. The molecule has 0 aliphatic heterocycles. The Kier molecular flexibility index (Phi) is 3.94. The molecule has 1 unspecified atom stereocenters. The van der Waals surface area contributed by atoms with Gasteiger partial charge in [-0.1, -0.05) is 13.0 Å². The Morgan fingerprint density at radius 2 is 2.54 bits per heavy atom. The number of aromatic nitrogens is 1. The number of hydrogen-bond acceptors (Lipinski definition) is 3. The molecule has 1 heterocycles. The largest absolute Gasteiger partial charge is 0.298 e. The third-order valence-electron chi connectivity index (χ3n) is 1.75. The van der Waals surface area contributed by atoms with Gasteiger partial charge in [0, 0.05) is 18.0 Å². The van der Waals surface area contributed by atoms with Gasteiger partial charge in [-0.3, -0.25) is 10.3 Å². The molecule has 0 spiro atoms. The molecule has 0 aliphatic rings. The summed E-state index contributed by atoms with van der Waals surface area (Å²) in [6.07, 6.45) is 4.45. The average Bonchev–Trinajstić information content (AvgIpc) is 2.21. The second kappa shape index (κ2) is 5.28. The minimum atomic E-state index is -0.228. The minimum absolute atomic E-state index is 0.228. The Morgan fingerprint density at radius 1 is 1.69 bits per heavy atom. The van der Waals surface area contributed by atoms with Gasteiger partial charge in [-0.25, -0.2) is 0 Å². The van der Waals surface area contributed by atoms with Crippen molar-refractivity contribution in [3.05, 3.63) is 30.1 Å². The van der Waals surface area contributed by atoms with E-state index in [1.54, 1.807) is 12.4 Å². The maximum Gasteiger partial charge on any atom is 0.122 e. The maximum absolute atomic E-state index is 8.87. The first-order chi connectivity index (χ1) is 6.38. The van der Waals surface area contributed by atoms with E-state index in [2.05, 4.69) is 23.3 Å². The Bertz CT molecular complexity index is 276. The van der Waals surface area contributed by atoms with Crippen LogP contribution in [0.25, 0.3) is 0 Å². The molecule has 0 radical (unpaired) electrons. The van der Waals surface area contributed by atoms with E-state index in [1.165, 1.54) is 0 Å². The van der Waals surface area contributed by atoms with Crippen LogP contribution in [-0.4, -0.2) is 11.5 Å². The second-order valence-corrected chi connectivity index (χ2v) is 2.80. The molecule has 0 aromatic carbocycles. The van der Waals surface area contributed by atoms with Gasteiger partial charge in [0.1, 0.15) is 6.04 Å². The van der Waals surface area contributed by atoms with Crippen molar-refractivity contribution < 1.29 is 0 Å². The van der Waals surface area contributed by atoms with Crippen LogP contribution >= 0.6 is 0 Å².